The molecule has 2 unspecified atom stereocenters. The number of piperidine rings is 1. The number of hydrogen-bond donors (Lipinski definition) is 0. The molecule has 16 heavy (non-hydrogen) atoms. The number of ether oxygens (including phenoxy) is 1. The van der Waals surface area contributed by atoms with E-state index >= 15 is 0 Å². The minimum Gasteiger partial charge on any atom is -0.385 e. The Bertz CT molecular complexity index is 299. The summed E-state index contributed by atoms with van der Waals surface area (Å²) in [5.74, 6) is 0.695. The average molecular weight is 218 g/mol. The summed E-state index contributed by atoms with van der Waals surface area (Å²) in [6.07, 6.45) is 3.46. The van der Waals surface area contributed by atoms with Crippen LogP contribution in [-0.4, -0.2) is 26.3 Å². The minimum absolute atomic E-state index is 0.499. The van der Waals surface area contributed by atoms with Crippen LogP contribution in [0, 0.1) is 0 Å². The molecular formula is C14H20NO. The van der Waals surface area contributed by atoms with Crippen LogP contribution in [-0.2, 0) is 4.74 Å². The molecule has 1 aliphatic heterocycles. The second kappa shape index (κ2) is 6.02. The standard InChI is InChI=1S/C14H20NO/c1-16-10-8-14-11-13(7-9-15-14)12-5-3-2-4-6-12/h2-6,13-14H,7-11H2,1H3. The molecule has 1 radical (unpaired) electrons. The second-order valence-corrected chi connectivity index (χ2v) is 4.47. The Balaban J connectivity index is 1.91. The first-order valence-electron chi connectivity index (χ1n) is 6.10. The van der Waals surface area contributed by atoms with E-state index in [0.29, 0.717) is 12.0 Å². The number of methoxy groups -OCH3 is 1. The predicted octanol–water partition coefficient (Wildman–Crippen LogP) is 2.57. The van der Waals surface area contributed by atoms with Gasteiger partial charge in [0.25, 0.3) is 0 Å². The Morgan fingerprint density at radius 2 is 2.12 bits per heavy atom. The van der Waals surface area contributed by atoms with E-state index in [9.17, 15) is 0 Å². The summed E-state index contributed by atoms with van der Waals surface area (Å²) >= 11 is 0. The van der Waals surface area contributed by atoms with Crippen molar-refractivity contribution in [3.8, 4) is 0 Å². The van der Waals surface area contributed by atoms with Crippen molar-refractivity contribution in [2.24, 2.45) is 0 Å². The highest BCUT2D eigenvalue weighted by Gasteiger charge is 2.23. The number of rotatable bonds is 4. The Labute approximate surface area is 98.0 Å². The van der Waals surface area contributed by atoms with E-state index in [1.165, 1.54) is 18.4 Å². The third-order valence-electron chi connectivity index (χ3n) is 3.35. The maximum atomic E-state index is 5.13. The SMILES string of the molecule is COCCC1CC(c2ccccc2)CC[N]1. The van der Waals surface area contributed by atoms with Crippen molar-refractivity contribution in [1.82, 2.24) is 5.32 Å². The van der Waals surface area contributed by atoms with Gasteiger partial charge >= 0.3 is 0 Å². The molecule has 1 saturated heterocycles. The van der Waals surface area contributed by atoms with Crippen LogP contribution in [0.15, 0.2) is 30.3 Å². The lowest BCUT2D eigenvalue weighted by Gasteiger charge is -2.29. The number of nitrogens with zero attached hydrogens (tertiary/aromatic N) is 1. The number of benzene rings is 1. The van der Waals surface area contributed by atoms with Crippen molar-refractivity contribution in [1.29, 1.82) is 0 Å². The van der Waals surface area contributed by atoms with Crippen LogP contribution in [0.4, 0.5) is 0 Å². The van der Waals surface area contributed by atoms with Crippen molar-refractivity contribution in [3.05, 3.63) is 35.9 Å². The van der Waals surface area contributed by atoms with Gasteiger partial charge in [-0.2, -0.15) is 0 Å². The van der Waals surface area contributed by atoms with E-state index in [4.69, 9.17) is 4.74 Å². The normalized spacial score (nSPS) is 25.6. The van der Waals surface area contributed by atoms with Gasteiger partial charge in [0.15, 0.2) is 0 Å². The third-order valence-corrected chi connectivity index (χ3v) is 3.35. The van der Waals surface area contributed by atoms with Gasteiger partial charge in [-0.1, -0.05) is 30.3 Å². The molecule has 0 aliphatic carbocycles. The Morgan fingerprint density at radius 3 is 2.88 bits per heavy atom. The van der Waals surface area contributed by atoms with Crippen molar-refractivity contribution >= 4 is 0 Å². The lowest BCUT2D eigenvalue weighted by Crippen LogP contribution is -2.32. The first-order chi connectivity index (χ1) is 7.90. The van der Waals surface area contributed by atoms with Gasteiger partial charge in [-0.15, -0.1) is 0 Å². The predicted molar refractivity (Wildman–Crippen MR) is 65.7 cm³/mol. The highest BCUT2D eigenvalue weighted by molar-refractivity contribution is 5.20. The fourth-order valence-corrected chi connectivity index (χ4v) is 2.42. The molecule has 0 N–H and O–H groups in total. The Kier molecular flexibility index (Phi) is 4.37. The summed E-state index contributed by atoms with van der Waals surface area (Å²) < 4.78 is 5.13. The molecule has 87 valence electrons. The summed E-state index contributed by atoms with van der Waals surface area (Å²) in [7, 11) is 1.76. The van der Waals surface area contributed by atoms with Crippen LogP contribution >= 0.6 is 0 Å². The summed E-state index contributed by atoms with van der Waals surface area (Å²) in [6, 6.07) is 11.3. The minimum atomic E-state index is 0.499. The topological polar surface area (TPSA) is 23.3 Å². The molecule has 1 aromatic rings. The molecule has 2 nitrogen and oxygen atoms in total. The highest BCUT2D eigenvalue weighted by atomic mass is 16.5. The average Bonchev–Trinajstić information content (AvgIpc) is 2.38. The fourth-order valence-electron chi connectivity index (χ4n) is 2.42. The molecule has 0 amide bonds. The van der Waals surface area contributed by atoms with Crippen LogP contribution in [0.5, 0.6) is 0 Å². The molecule has 2 rings (SSSR count). The fraction of sp³-hybridized carbons (Fsp3) is 0.571. The monoisotopic (exact) mass is 218 g/mol. The molecule has 1 aromatic carbocycles. The first-order valence-corrected chi connectivity index (χ1v) is 6.10. The maximum Gasteiger partial charge on any atom is 0.0477 e. The maximum absolute atomic E-state index is 5.13. The van der Waals surface area contributed by atoms with E-state index in [2.05, 4.69) is 35.6 Å². The van der Waals surface area contributed by atoms with Crippen molar-refractivity contribution in [3.63, 3.8) is 0 Å². The molecular weight excluding hydrogens is 198 g/mol. The van der Waals surface area contributed by atoms with Gasteiger partial charge in [-0.3, -0.25) is 0 Å². The first kappa shape index (κ1) is 11.6. The molecule has 2 heteroatoms. The van der Waals surface area contributed by atoms with Gasteiger partial charge in [0.05, 0.1) is 0 Å². The summed E-state index contributed by atoms with van der Waals surface area (Å²) in [5, 5.41) is 4.66. The van der Waals surface area contributed by atoms with Crippen molar-refractivity contribution in [2.75, 3.05) is 20.3 Å². The largest absolute Gasteiger partial charge is 0.385 e. The van der Waals surface area contributed by atoms with Gasteiger partial charge in [-0.05, 0) is 30.7 Å². The van der Waals surface area contributed by atoms with E-state index < -0.39 is 0 Å². The molecule has 1 heterocycles. The highest BCUT2D eigenvalue weighted by Crippen LogP contribution is 2.29. The lowest BCUT2D eigenvalue weighted by molar-refractivity contribution is 0.173. The molecule has 0 spiro atoms. The van der Waals surface area contributed by atoms with Gasteiger partial charge in [0.1, 0.15) is 0 Å². The Hall–Kier alpha value is -0.860. The van der Waals surface area contributed by atoms with Crippen molar-refractivity contribution < 1.29 is 4.74 Å². The van der Waals surface area contributed by atoms with Gasteiger partial charge in [-0.25, -0.2) is 5.32 Å². The van der Waals surface area contributed by atoms with Crippen LogP contribution in [0.2, 0.25) is 0 Å². The van der Waals surface area contributed by atoms with E-state index in [0.717, 1.165) is 19.6 Å². The lowest BCUT2D eigenvalue weighted by atomic mass is 9.85. The van der Waals surface area contributed by atoms with E-state index in [-0.39, 0.29) is 0 Å². The zero-order valence-corrected chi connectivity index (χ0v) is 9.93. The van der Waals surface area contributed by atoms with Gasteiger partial charge in [0, 0.05) is 26.3 Å². The molecule has 0 saturated carbocycles. The van der Waals surface area contributed by atoms with Crippen LogP contribution in [0.1, 0.15) is 30.7 Å². The van der Waals surface area contributed by atoms with Crippen LogP contribution in [0.3, 0.4) is 0 Å². The van der Waals surface area contributed by atoms with Crippen molar-refractivity contribution in [2.45, 2.75) is 31.2 Å². The molecule has 0 bridgehead atoms. The van der Waals surface area contributed by atoms with Crippen LogP contribution < -0.4 is 5.32 Å². The van der Waals surface area contributed by atoms with E-state index in [1.54, 1.807) is 7.11 Å². The van der Waals surface area contributed by atoms with Gasteiger partial charge in [0.2, 0.25) is 0 Å². The molecule has 1 fully saturated rings. The summed E-state index contributed by atoms with van der Waals surface area (Å²) in [5.41, 5.74) is 1.47. The Morgan fingerprint density at radius 1 is 1.31 bits per heavy atom. The zero-order chi connectivity index (χ0) is 11.2. The molecule has 1 aliphatic rings. The van der Waals surface area contributed by atoms with E-state index in [1.807, 2.05) is 0 Å². The quantitative estimate of drug-likeness (QED) is 0.762. The zero-order valence-electron chi connectivity index (χ0n) is 9.93. The smallest absolute Gasteiger partial charge is 0.0477 e. The summed E-state index contributed by atoms with van der Waals surface area (Å²) in [4.78, 5) is 0. The third kappa shape index (κ3) is 3.06. The number of hydrogen-bond acceptors (Lipinski definition) is 1. The summed E-state index contributed by atoms with van der Waals surface area (Å²) in [6.45, 7) is 1.84. The molecule has 0 aromatic heterocycles. The van der Waals surface area contributed by atoms with Gasteiger partial charge < -0.3 is 4.74 Å². The van der Waals surface area contributed by atoms with Crippen LogP contribution in [0.25, 0.3) is 0 Å². The second-order valence-electron chi connectivity index (χ2n) is 4.47. The molecule has 2 atom stereocenters.